The number of fused-ring (bicyclic) bond motifs is 2. The minimum Gasteiger partial charge on any atom is -0.479 e. The van der Waals surface area contributed by atoms with Crippen LogP contribution < -0.4 is 20.1 Å². The summed E-state index contributed by atoms with van der Waals surface area (Å²) in [7, 11) is 0. The number of hydrogen-bond donors (Lipinski definition) is 2. The summed E-state index contributed by atoms with van der Waals surface area (Å²) in [5.74, 6) is -1.22. The minimum atomic E-state index is -4.85. The van der Waals surface area contributed by atoms with Crippen LogP contribution in [-0.2, 0) is 4.79 Å². The van der Waals surface area contributed by atoms with Gasteiger partial charge < -0.3 is 20.1 Å². The van der Waals surface area contributed by atoms with Crippen molar-refractivity contribution in [2.24, 2.45) is 5.92 Å². The quantitative estimate of drug-likeness (QED) is 0.639. The number of ether oxygens (including phenoxy) is 2. The first-order valence-electron chi connectivity index (χ1n) is 10.8. The van der Waals surface area contributed by atoms with Crippen molar-refractivity contribution in [3.8, 4) is 11.5 Å². The number of alkyl halides is 3. The van der Waals surface area contributed by atoms with Crippen molar-refractivity contribution in [2.45, 2.75) is 49.7 Å². The van der Waals surface area contributed by atoms with Gasteiger partial charge in [0.2, 0.25) is 0 Å². The summed E-state index contributed by atoms with van der Waals surface area (Å²) in [6.45, 7) is 0. The highest BCUT2D eigenvalue weighted by molar-refractivity contribution is 6.31. The van der Waals surface area contributed by atoms with Crippen molar-refractivity contribution in [3.05, 3.63) is 52.8 Å². The summed E-state index contributed by atoms with van der Waals surface area (Å²) < 4.78 is 46.3. The van der Waals surface area contributed by atoms with Crippen molar-refractivity contribution >= 4 is 29.2 Å². The molecule has 6 rings (SSSR count). The van der Waals surface area contributed by atoms with E-state index in [1.54, 1.807) is 12.1 Å². The number of halogens is 4. The maximum Gasteiger partial charge on any atom is 0.573 e. The number of Topliss-reactive ketones (excluding diaryl/α,β-unsaturated/α-hetero) is 1. The molecule has 2 heterocycles. The van der Waals surface area contributed by atoms with Crippen LogP contribution in [0.1, 0.15) is 46.5 Å². The zero-order chi connectivity index (χ0) is 25.0. The predicted octanol–water partition coefficient (Wildman–Crippen LogP) is 3.43. The molecule has 2 atom stereocenters. The van der Waals surface area contributed by atoms with Crippen LogP contribution in [0.15, 0.2) is 36.5 Å². The molecule has 0 saturated heterocycles. The number of pyridine rings is 1. The SMILES string of the molecule is O=C(NC1CC2(NC(=O)[C@H]3CC(=O)c4cc(Cl)ccc4O3)CC1C2)c1ccc(OC(F)(F)F)cn1. The summed E-state index contributed by atoms with van der Waals surface area (Å²) in [6.07, 6.45) is -3.28. The molecule has 1 aromatic carbocycles. The van der Waals surface area contributed by atoms with E-state index in [-0.39, 0.29) is 29.9 Å². The van der Waals surface area contributed by atoms with E-state index >= 15 is 0 Å². The number of aromatic nitrogens is 1. The summed E-state index contributed by atoms with van der Waals surface area (Å²) in [4.78, 5) is 41.6. The second kappa shape index (κ2) is 8.40. The first-order chi connectivity index (χ1) is 16.5. The Kier molecular flexibility index (Phi) is 5.62. The number of hydrogen-bond acceptors (Lipinski definition) is 6. The number of ketones is 1. The Morgan fingerprint density at radius 2 is 1.94 bits per heavy atom. The maximum absolute atomic E-state index is 12.9. The maximum atomic E-state index is 12.9. The lowest BCUT2D eigenvalue weighted by molar-refractivity contribution is -0.274. The molecule has 2 amide bonds. The van der Waals surface area contributed by atoms with E-state index in [0.717, 1.165) is 18.3 Å². The van der Waals surface area contributed by atoms with E-state index in [0.29, 0.717) is 35.6 Å². The van der Waals surface area contributed by atoms with Crippen molar-refractivity contribution in [1.82, 2.24) is 15.6 Å². The normalized spacial score (nSPS) is 26.7. The average Bonchev–Trinajstić information content (AvgIpc) is 3.27. The molecular formula is C23H19ClF3N3O5. The number of benzene rings is 1. The van der Waals surface area contributed by atoms with Gasteiger partial charge in [0.15, 0.2) is 11.9 Å². The Labute approximate surface area is 202 Å². The zero-order valence-electron chi connectivity index (χ0n) is 18.0. The number of amides is 2. The first-order valence-corrected chi connectivity index (χ1v) is 11.2. The number of carbonyl (C=O) groups excluding carboxylic acids is 3. The topological polar surface area (TPSA) is 107 Å². The molecule has 3 fully saturated rings. The molecule has 0 spiro atoms. The number of rotatable bonds is 5. The van der Waals surface area contributed by atoms with Crippen LogP contribution in [0.5, 0.6) is 11.5 Å². The fourth-order valence-corrected chi connectivity index (χ4v) is 5.21. The van der Waals surface area contributed by atoms with Gasteiger partial charge in [-0.2, -0.15) is 0 Å². The van der Waals surface area contributed by atoms with Crippen LogP contribution >= 0.6 is 11.6 Å². The van der Waals surface area contributed by atoms with Gasteiger partial charge in [0.1, 0.15) is 17.2 Å². The highest BCUT2D eigenvalue weighted by Gasteiger charge is 2.57. The number of nitrogens with one attached hydrogen (secondary N) is 2. The van der Waals surface area contributed by atoms with Crippen LogP contribution in [0.3, 0.4) is 0 Å². The second-order valence-electron chi connectivity index (χ2n) is 9.02. The van der Waals surface area contributed by atoms with Gasteiger partial charge in [-0.1, -0.05) is 11.6 Å². The largest absolute Gasteiger partial charge is 0.573 e. The van der Waals surface area contributed by atoms with E-state index in [1.807, 2.05) is 0 Å². The second-order valence-corrected chi connectivity index (χ2v) is 9.46. The molecule has 2 aromatic rings. The third kappa shape index (κ3) is 4.77. The molecule has 1 aliphatic heterocycles. The molecule has 35 heavy (non-hydrogen) atoms. The molecule has 1 unspecified atom stereocenters. The summed E-state index contributed by atoms with van der Waals surface area (Å²) in [6, 6.07) is 6.59. The van der Waals surface area contributed by atoms with E-state index in [1.165, 1.54) is 6.07 Å². The van der Waals surface area contributed by atoms with Gasteiger partial charge in [0.05, 0.1) is 18.2 Å². The molecule has 8 nitrogen and oxygen atoms in total. The van der Waals surface area contributed by atoms with Crippen molar-refractivity contribution in [2.75, 3.05) is 0 Å². The smallest absolute Gasteiger partial charge is 0.479 e. The first kappa shape index (κ1) is 23.4. The standard InChI is InChI=1S/C23H19ClF3N3O5/c24-12-1-4-18-14(5-12)17(31)6-19(34-18)21(33)30-22-7-11(8-22)16(9-22)29-20(32)15-3-2-13(10-28-15)35-23(25,26)27/h1-5,10-11,16,19H,6-9H2,(H,29,32)(H,30,33)/t11?,16?,19-,22?/m1/s1. The Morgan fingerprint density at radius 1 is 1.17 bits per heavy atom. The van der Waals surface area contributed by atoms with Crippen molar-refractivity contribution in [1.29, 1.82) is 0 Å². The molecule has 2 bridgehead atoms. The Hall–Kier alpha value is -3.34. The van der Waals surface area contributed by atoms with Crippen LogP contribution in [-0.4, -0.2) is 46.6 Å². The zero-order valence-corrected chi connectivity index (χ0v) is 18.8. The predicted molar refractivity (Wildman–Crippen MR) is 115 cm³/mol. The molecule has 3 aliphatic carbocycles. The van der Waals surface area contributed by atoms with Crippen LogP contribution in [0.25, 0.3) is 0 Å². The van der Waals surface area contributed by atoms with Crippen molar-refractivity contribution < 1.29 is 37.0 Å². The van der Waals surface area contributed by atoms with Crippen LogP contribution in [0.4, 0.5) is 13.2 Å². The average molecular weight is 510 g/mol. The number of nitrogens with zero attached hydrogens (tertiary/aromatic N) is 1. The molecule has 3 saturated carbocycles. The molecule has 1 aromatic heterocycles. The highest BCUT2D eigenvalue weighted by Crippen LogP contribution is 2.52. The molecule has 12 heteroatoms. The van der Waals surface area contributed by atoms with E-state index in [9.17, 15) is 27.6 Å². The Morgan fingerprint density at radius 3 is 2.63 bits per heavy atom. The van der Waals surface area contributed by atoms with E-state index < -0.39 is 35.6 Å². The fourth-order valence-electron chi connectivity index (χ4n) is 5.04. The van der Waals surface area contributed by atoms with Gasteiger partial charge in [-0.05, 0) is 55.5 Å². The van der Waals surface area contributed by atoms with Crippen molar-refractivity contribution in [3.63, 3.8) is 0 Å². The fraction of sp³-hybridized carbons (Fsp3) is 0.391. The lowest BCUT2D eigenvalue weighted by Crippen LogP contribution is -2.56. The summed E-state index contributed by atoms with van der Waals surface area (Å²) >= 11 is 5.93. The monoisotopic (exact) mass is 509 g/mol. The molecule has 0 radical (unpaired) electrons. The van der Waals surface area contributed by atoms with E-state index in [2.05, 4.69) is 20.4 Å². The molecular weight excluding hydrogens is 491 g/mol. The third-order valence-corrected chi connectivity index (χ3v) is 6.80. The Bertz CT molecular complexity index is 1200. The van der Waals surface area contributed by atoms with Gasteiger partial charge in [0, 0.05) is 16.6 Å². The van der Waals surface area contributed by atoms with Gasteiger partial charge >= 0.3 is 6.36 Å². The highest BCUT2D eigenvalue weighted by atomic mass is 35.5. The minimum absolute atomic E-state index is 0.0467. The third-order valence-electron chi connectivity index (χ3n) is 6.57. The van der Waals surface area contributed by atoms with E-state index in [4.69, 9.17) is 16.3 Å². The Balaban J connectivity index is 1.17. The summed E-state index contributed by atoms with van der Waals surface area (Å²) in [5.41, 5.74) is -0.210. The lowest BCUT2D eigenvalue weighted by atomic mass is 9.76. The number of carbonyl (C=O) groups is 3. The molecule has 2 N–H and O–H groups in total. The molecule has 4 aliphatic rings. The summed E-state index contributed by atoms with van der Waals surface area (Å²) in [5, 5.41) is 6.24. The van der Waals surface area contributed by atoms with Gasteiger partial charge in [-0.25, -0.2) is 4.98 Å². The van der Waals surface area contributed by atoms with Crippen LogP contribution in [0, 0.1) is 5.92 Å². The lowest BCUT2D eigenvalue weighted by Gasteiger charge is -2.40. The van der Waals surface area contributed by atoms with Gasteiger partial charge in [-0.15, -0.1) is 13.2 Å². The van der Waals surface area contributed by atoms with Gasteiger partial charge in [-0.3, -0.25) is 14.4 Å². The molecule has 184 valence electrons. The van der Waals surface area contributed by atoms with Gasteiger partial charge in [0.25, 0.3) is 11.8 Å². The van der Waals surface area contributed by atoms with Crippen LogP contribution in [0.2, 0.25) is 5.02 Å².